The monoisotopic (exact) mass is 594 g/mol. The molecule has 6 nitrogen and oxygen atoms in total. The molecule has 0 heterocycles. The molecule has 1 fully saturated rings. The first kappa shape index (κ1) is 36.2. The standard InChI is InChI=1S/C37H54O6/c1-23(2)13-12-19-35(11)28(16-14-24(3)4)21-36(20-18-26(7)8)33(43-22-30(38)39)29(17-15-25(5)6)32(41)37(35,34(36)42)31(40)27(9)10/h13-15,18,27-28H,12,16-17,19-22H2,1-11H3,(H,38,39)/t28-,35+,36-,37+/m0/s1. The fraction of sp³-hybridized carbons (Fsp3) is 0.622. The second kappa shape index (κ2) is 14.2. The molecule has 0 aromatic carbocycles. The Labute approximate surface area is 259 Å². The van der Waals surface area contributed by atoms with Gasteiger partial charge < -0.3 is 9.84 Å². The van der Waals surface area contributed by atoms with E-state index in [1.54, 1.807) is 13.8 Å². The van der Waals surface area contributed by atoms with Crippen molar-refractivity contribution in [2.75, 3.05) is 6.61 Å². The van der Waals surface area contributed by atoms with Crippen molar-refractivity contribution in [1.29, 1.82) is 0 Å². The van der Waals surface area contributed by atoms with Gasteiger partial charge in [0.15, 0.2) is 29.4 Å². The summed E-state index contributed by atoms with van der Waals surface area (Å²) in [7, 11) is 0. The molecule has 1 N–H and O–H groups in total. The molecule has 0 radical (unpaired) electrons. The van der Waals surface area contributed by atoms with Crippen LogP contribution in [0.3, 0.4) is 0 Å². The average Bonchev–Trinajstić information content (AvgIpc) is 2.88. The Morgan fingerprint density at radius 2 is 1.47 bits per heavy atom. The minimum atomic E-state index is -1.91. The average molecular weight is 595 g/mol. The van der Waals surface area contributed by atoms with Gasteiger partial charge in [-0.25, -0.2) is 4.79 Å². The molecular formula is C37H54O6. The van der Waals surface area contributed by atoms with Gasteiger partial charge in [0.05, 0.1) is 5.41 Å². The summed E-state index contributed by atoms with van der Waals surface area (Å²) in [5, 5.41) is 9.63. The molecule has 0 aromatic heterocycles. The van der Waals surface area contributed by atoms with E-state index in [4.69, 9.17) is 4.74 Å². The lowest BCUT2D eigenvalue weighted by Crippen LogP contribution is -2.71. The highest BCUT2D eigenvalue weighted by atomic mass is 16.5. The Bertz CT molecular complexity index is 1270. The molecule has 238 valence electrons. The molecule has 0 aliphatic heterocycles. The summed E-state index contributed by atoms with van der Waals surface area (Å²) >= 11 is 0. The van der Waals surface area contributed by atoms with Crippen LogP contribution < -0.4 is 0 Å². The molecule has 2 aliphatic carbocycles. The van der Waals surface area contributed by atoms with Crippen LogP contribution in [-0.2, 0) is 23.9 Å². The van der Waals surface area contributed by atoms with Gasteiger partial charge in [0, 0.05) is 11.5 Å². The van der Waals surface area contributed by atoms with Gasteiger partial charge in [-0.15, -0.1) is 0 Å². The molecule has 4 atom stereocenters. The second-order valence-electron chi connectivity index (χ2n) is 14.1. The van der Waals surface area contributed by atoms with E-state index in [-0.39, 0.29) is 35.9 Å². The predicted octanol–water partition coefficient (Wildman–Crippen LogP) is 8.53. The van der Waals surface area contributed by atoms with E-state index in [1.165, 1.54) is 0 Å². The highest BCUT2D eigenvalue weighted by molar-refractivity contribution is 6.33. The first-order chi connectivity index (χ1) is 19.9. The largest absolute Gasteiger partial charge is 0.485 e. The zero-order valence-electron chi connectivity index (χ0n) is 28.4. The van der Waals surface area contributed by atoms with Crippen molar-refractivity contribution in [3.8, 4) is 0 Å². The Morgan fingerprint density at radius 1 is 0.907 bits per heavy atom. The van der Waals surface area contributed by atoms with Crippen molar-refractivity contribution in [3.05, 3.63) is 57.9 Å². The van der Waals surface area contributed by atoms with Gasteiger partial charge in [-0.05, 0) is 105 Å². The number of aliphatic carboxylic acids is 1. The Hall–Kier alpha value is -3.02. The van der Waals surface area contributed by atoms with E-state index < -0.39 is 46.3 Å². The lowest BCUT2D eigenvalue weighted by Gasteiger charge is -2.61. The number of ether oxygens (including phenoxy) is 1. The zero-order valence-corrected chi connectivity index (χ0v) is 28.4. The predicted molar refractivity (Wildman–Crippen MR) is 172 cm³/mol. The van der Waals surface area contributed by atoms with Crippen molar-refractivity contribution in [2.45, 2.75) is 115 Å². The third-order valence-electron chi connectivity index (χ3n) is 9.29. The number of ketones is 3. The fourth-order valence-corrected chi connectivity index (χ4v) is 7.05. The molecule has 0 amide bonds. The fourth-order valence-electron chi connectivity index (χ4n) is 7.05. The van der Waals surface area contributed by atoms with E-state index in [2.05, 4.69) is 12.2 Å². The topological polar surface area (TPSA) is 97.7 Å². The lowest BCUT2D eigenvalue weighted by atomic mass is 9.38. The minimum Gasteiger partial charge on any atom is -0.485 e. The van der Waals surface area contributed by atoms with Crippen molar-refractivity contribution in [3.63, 3.8) is 0 Å². The Kier molecular flexibility index (Phi) is 11.9. The number of carbonyl (C=O) groups excluding carboxylic acids is 3. The van der Waals surface area contributed by atoms with Gasteiger partial charge in [0.2, 0.25) is 0 Å². The van der Waals surface area contributed by atoms with Crippen molar-refractivity contribution in [1.82, 2.24) is 0 Å². The highest BCUT2D eigenvalue weighted by Crippen LogP contribution is 2.68. The normalized spacial score (nSPS) is 26.6. The first-order valence-corrected chi connectivity index (χ1v) is 15.6. The van der Waals surface area contributed by atoms with Crippen molar-refractivity contribution < 1.29 is 29.0 Å². The zero-order chi connectivity index (χ0) is 32.9. The van der Waals surface area contributed by atoms with Crippen molar-refractivity contribution in [2.24, 2.45) is 28.1 Å². The van der Waals surface area contributed by atoms with Gasteiger partial charge in [-0.3, -0.25) is 14.4 Å². The summed E-state index contributed by atoms with van der Waals surface area (Å²) in [4.78, 5) is 57.0. The van der Waals surface area contributed by atoms with Gasteiger partial charge in [0.25, 0.3) is 0 Å². The second-order valence-corrected chi connectivity index (χ2v) is 14.1. The van der Waals surface area contributed by atoms with E-state index in [1.807, 2.05) is 74.5 Å². The molecule has 0 unspecified atom stereocenters. The molecule has 0 saturated heterocycles. The maximum atomic E-state index is 15.4. The summed E-state index contributed by atoms with van der Waals surface area (Å²) in [6, 6.07) is 0. The first-order valence-electron chi connectivity index (χ1n) is 15.6. The summed E-state index contributed by atoms with van der Waals surface area (Å²) < 4.78 is 6.04. The van der Waals surface area contributed by atoms with E-state index in [0.717, 1.165) is 22.3 Å². The number of allylic oxidation sites excluding steroid dienone is 10. The lowest BCUT2D eigenvalue weighted by molar-refractivity contribution is -0.182. The Morgan fingerprint density at radius 3 is 1.95 bits per heavy atom. The summed E-state index contributed by atoms with van der Waals surface area (Å²) in [6.45, 7) is 20.7. The van der Waals surface area contributed by atoms with Gasteiger partial charge in [-0.2, -0.15) is 0 Å². The molecule has 0 aromatic rings. The number of carboxylic acid groups (broad SMARTS) is 1. The van der Waals surface area contributed by atoms with Crippen LogP contribution in [-0.4, -0.2) is 35.0 Å². The quantitative estimate of drug-likeness (QED) is 0.160. The van der Waals surface area contributed by atoms with E-state index >= 15 is 9.59 Å². The molecule has 0 spiro atoms. The minimum absolute atomic E-state index is 0.139. The van der Waals surface area contributed by atoms with Crippen LogP contribution in [0.4, 0.5) is 0 Å². The number of fused-ring (bicyclic) bond motifs is 2. The van der Waals surface area contributed by atoms with Gasteiger partial charge in [-0.1, -0.05) is 67.4 Å². The molecule has 2 bridgehead atoms. The summed E-state index contributed by atoms with van der Waals surface area (Å²) in [5.41, 5.74) is 0.242. The smallest absolute Gasteiger partial charge is 0.341 e. The number of carbonyl (C=O) groups is 4. The van der Waals surface area contributed by atoms with Crippen LogP contribution in [0.15, 0.2) is 57.9 Å². The van der Waals surface area contributed by atoms with Crippen LogP contribution in [0.2, 0.25) is 0 Å². The molecule has 2 rings (SSSR count). The number of Topliss-reactive ketones (excluding diaryl/α,β-unsaturated/α-hetero) is 3. The molecule has 6 heteroatoms. The van der Waals surface area contributed by atoms with E-state index in [9.17, 15) is 14.7 Å². The molecule has 1 saturated carbocycles. The Balaban J connectivity index is 3.20. The summed E-state index contributed by atoms with van der Waals surface area (Å²) in [5.74, 6) is -3.11. The van der Waals surface area contributed by atoms with Crippen LogP contribution >= 0.6 is 0 Å². The number of hydrogen-bond acceptors (Lipinski definition) is 5. The van der Waals surface area contributed by atoms with E-state index in [0.29, 0.717) is 25.7 Å². The van der Waals surface area contributed by atoms with Gasteiger partial charge >= 0.3 is 5.97 Å². The maximum absolute atomic E-state index is 15.4. The number of rotatable bonds is 14. The third-order valence-corrected chi connectivity index (χ3v) is 9.29. The van der Waals surface area contributed by atoms with Crippen LogP contribution in [0, 0.1) is 28.1 Å². The third kappa shape index (κ3) is 7.05. The van der Waals surface area contributed by atoms with Gasteiger partial charge in [0.1, 0.15) is 5.76 Å². The SMILES string of the molecule is CC(C)=CCC[C@]1(C)[C@@H](CC=C(C)C)C[C@]2(CC=C(C)C)C(=O)[C@@]1(C(=O)C(C)C)C(=O)C(CC=C(C)C)=C2OCC(=O)O. The van der Waals surface area contributed by atoms with Crippen molar-refractivity contribution >= 4 is 23.3 Å². The molecule has 2 aliphatic rings. The number of carboxylic acids is 1. The van der Waals surface area contributed by atoms with Crippen LogP contribution in [0.1, 0.15) is 115 Å². The maximum Gasteiger partial charge on any atom is 0.341 e. The number of hydrogen-bond donors (Lipinski definition) is 1. The molecule has 43 heavy (non-hydrogen) atoms. The highest BCUT2D eigenvalue weighted by Gasteiger charge is 2.76. The van der Waals surface area contributed by atoms with Crippen LogP contribution in [0.5, 0.6) is 0 Å². The summed E-state index contributed by atoms with van der Waals surface area (Å²) in [6.07, 6.45) is 10.6. The van der Waals surface area contributed by atoms with Crippen LogP contribution in [0.25, 0.3) is 0 Å². The molecular weight excluding hydrogens is 540 g/mol.